The van der Waals surface area contributed by atoms with Crippen LogP contribution in [0.4, 0.5) is 0 Å². The van der Waals surface area contributed by atoms with Crippen LogP contribution in [0.1, 0.15) is 45.1 Å². The van der Waals surface area contributed by atoms with Crippen molar-refractivity contribution in [2.45, 2.75) is 70.1 Å². The minimum absolute atomic E-state index is 0.0351. The monoisotopic (exact) mass is 561 g/mol. The summed E-state index contributed by atoms with van der Waals surface area (Å²) >= 11 is 0. The number of aromatic nitrogens is 1. The molecule has 14 heteroatoms. The van der Waals surface area contributed by atoms with Crippen LogP contribution in [-0.2, 0) is 35.2 Å². The molecule has 0 aliphatic rings. The third kappa shape index (κ3) is 9.08. The van der Waals surface area contributed by atoms with Crippen LogP contribution in [0, 0.1) is 5.92 Å². The van der Waals surface area contributed by atoms with Crippen LogP contribution in [0.2, 0.25) is 0 Å². The van der Waals surface area contributed by atoms with E-state index in [-0.39, 0.29) is 12.8 Å². The Hall–Kier alpha value is -4.46. The average molecular weight is 562 g/mol. The molecular weight excluding hydrogens is 526 g/mol. The number of carbonyl (C=O) groups is 6. The first kappa shape index (κ1) is 31.8. The fourth-order valence-electron chi connectivity index (χ4n) is 4.03. The molecule has 0 aliphatic heterocycles. The van der Waals surface area contributed by atoms with Crippen molar-refractivity contribution in [2.75, 3.05) is 0 Å². The van der Waals surface area contributed by atoms with Gasteiger partial charge in [0.1, 0.15) is 18.1 Å². The van der Waals surface area contributed by atoms with Crippen molar-refractivity contribution in [3.05, 3.63) is 36.0 Å². The molecule has 40 heavy (non-hydrogen) atoms. The number of H-pyrrole nitrogens is 1. The van der Waals surface area contributed by atoms with Crippen LogP contribution in [0.5, 0.6) is 0 Å². The number of hydrogen-bond acceptors (Lipinski definition) is 7. The van der Waals surface area contributed by atoms with Gasteiger partial charge in [0.25, 0.3) is 0 Å². The Balaban J connectivity index is 2.31. The van der Waals surface area contributed by atoms with Crippen molar-refractivity contribution in [1.82, 2.24) is 20.9 Å². The van der Waals surface area contributed by atoms with E-state index in [2.05, 4.69) is 20.9 Å². The summed E-state index contributed by atoms with van der Waals surface area (Å²) in [6.45, 7) is 3.42. The molecular formula is C26H35N5O9. The second-order valence-electron chi connectivity index (χ2n) is 9.53. The number of nitrogens with two attached hydrogens (primary N) is 1. The highest BCUT2D eigenvalue weighted by molar-refractivity contribution is 5.95. The quantitative estimate of drug-likeness (QED) is 0.136. The lowest BCUT2D eigenvalue weighted by molar-refractivity contribution is -0.143. The summed E-state index contributed by atoms with van der Waals surface area (Å²) < 4.78 is 0. The maximum Gasteiger partial charge on any atom is 0.326 e. The van der Waals surface area contributed by atoms with Gasteiger partial charge in [0.05, 0.1) is 12.5 Å². The van der Waals surface area contributed by atoms with Gasteiger partial charge < -0.3 is 42.0 Å². The van der Waals surface area contributed by atoms with Crippen LogP contribution in [0.25, 0.3) is 10.9 Å². The van der Waals surface area contributed by atoms with E-state index in [4.69, 9.17) is 15.9 Å². The molecule has 2 rings (SSSR count). The molecule has 0 aliphatic carbocycles. The van der Waals surface area contributed by atoms with E-state index >= 15 is 0 Å². The normalized spacial score (nSPS) is 14.8. The van der Waals surface area contributed by atoms with Crippen molar-refractivity contribution in [1.29, 1.82) is 0 Å². The molecule has 5 unspecified atom stereocenters. The zero-order valence-electron chi connectivity index (χ0n) is 22.2. The lowest BCUT2D eigenvalue weighted by atomic mass is 9.96. The third-order valence-electron chi connectivity index (χ3n) is 6.52. The van der Waals surface area contributed by atoms with Crippen molar-refractivity contribution in [2.24, 2.45) is 11.7 Å². The molecule has 0 saturated carbocycles. The van der Waals surface area contributed by atoms with Gasteiger partial charge in [0.2, 0.25) is 17.7 Å². The maximum atomic E-state index is 13.5. The number of hydrogen-bond donors (Lipinski definition) is 8. The molecule has 0 fully saturated rings. The summed E-state index contributed by atoms with van der Waals surface area (Å²) in [5.41, 5.74) is 7.13. The van der Waals surface area contributed by atoms with Crippen molar-refractivity contribution < 1.29 is 44.1 Å². The second kappa shape index (κ2) is 14.6. The zero-order chi connectivity index (χ0) is 30.0. The van der Waals surface area contributed by atoms with Gasteiger partial charge >= 0.3 is 17.9 Å². The topological polar surface area (TPSA) is 241 Å². The summed E-state index contributed by atoms with van der Waals surface area (Å²) in [4.78, 5) is 75.8. The number of rotatable bonds is 16. The summed E-state index contributed by atoms with van der Waals surface area (Å²) in [5.74, 6) is -6.93. The van der Waals surface area contributed by atoms with E-state index in [1.807, 2.05) is 18.2 Å². The maximum absolute atomic E-state index is 13.5. The van der Waals surface area contributed by atoms with Crippen LogP contribution < -0.4 is 21.7 Å². The predicted octanol–water partition coefficient (Wildman–Crippen LogP) is -0.0377. The van der Waals surface area contributed by atoms with Crippen LogP contribution >= 0.6 is 0 Å². The number of fused-ring (bicyclic) bond motifs is 1. The van der Waals surface area contributed by atoms with Gasteiger partial charge in [0.15, 0.2) is 0 Å². The fourth-order valence-corrected chi connectivity index (χ4v) is 4.03. The highest BCUT2D eigenvalue weighted by Crippen LogP contribution is 2.20. The van der Waals surface area contributed by atoms with Gasteiger partial charge in [-0.25, -0.2) is 4.79 Å². The van der Waals surface area contributed by atoms with Crippen molar-refractivity contribution in [3.63, 3.8) is 0 Å². The highest BCUT2D eigenvalue weighted by Gasteiger charge is 2.33. The molecule has 9 N–H and O–H groups in total. The molecule has 1 aromatic carbocycles. The van der Waals surface area contributed by atoms with Gasteiger partial charge in [-0.1, -0.05) is 38.5 Å². The molecule has 0 radical (unpaired) electrons. The number of para-hydroxylation sites is 1. The molecule has 2 aromatic rings. The Morgan fingerprint density at radius 3 is 2.15 bits per heavy atom. The molecule has 1 heterocycles. The first-order chi connectivity index (χ1) is 18.8. The minimum atomic E-state index is -1.50. The number of carboxylic acids is 3. The standard InChI is InChI=1S/C26H35N5O9/c1-3-13(2)22(25(38)29-18(26(39)40)8-9-20(32)33)31-24(37)19(30-23(36)16(27)11-21(34)35)10-14-12-28-17-7-5-4-6-15(14)17/h4-7,12-13,16,18-19,22,28H,3,8-11,27H2,1-2H3,(H,29,38)(H,30,36)(H,31,37)(H,32,33)(H,34,35)(H,39,40). The number of aliphatic carboxylic acids is 3. The molecule has 3 amide bonds. The molecule has 1 aromatic heterocycles. The summed E-state index contributed by atoms with van der Waals surface area (Å²) in [7, 11) is 0. The molecule has 218 valence electrons. The molecule has 0 spiro atoms. The SMILES string of the molecule is CCC(C)C(NC(=O)C(Cc1c[nH]c2ccccc12)NC(=O)C(N)CC(=O)O)C(=O)NC(CCC(=O)O)C(=O)O. The van der Waals surface area contributed by atoms with Crippen LogP contribution in [-0.4, -0.2) is 80.1 Å². The lowest BCUT2D eigenvalue weighted by Gasteiger charge is -2.28. The van der Waals surface area contributed by atoms with E-state index in [1.54, 1.807) is 26.1 Å². The minimum Gasteiger partial charge on any atom is -0.481 e. The number of nitrogens with one attached hydrogen (secondary N) is 4. The van der Waals surface area contributed by atoms with Gasteiger partial charge in [-0.2, -0.15) is 0 Å². The first-order valence-electron chi connectivity index (χ1n) is 12.7. The van der Waals surface area contributed by atoms with E-state index in [9.17, 15) is 33.9 Å². The molecule has 0 bridgehead atoms. The van der Waals surface area contributed by atoms with Crippen LogP contribution in [0.3, 0.4) is 0 Å². The second-order valence-corrected chi connectivity index (χ2v) is 9.53. The smallest absolute Gasteiger partial charge is 0.326 e. The predicted molar refractivity (Wildman–Crippen MR) is 142 cm³/mol. The number of amides is 3. The Morgan fingerprint density at radius 1 is 0.900 bits per heavy atom. The highest BCUT2D eigenvalue weighted by atomic mass is 16.4. The lowest BCUT2D eigenvalue weighted by Crippen LogP contribution is -2.59. The van der Waals surface area contributed by atoms with Gasteiger partial charge in [0, 0.05) is 29.9 Å². The van der Waals surface area contributed by atoms with E-state index in [1.165, 1.54) is 0 Å². The Bertz CT molecular complexity index is 1240. The first-order valence-corrected chi connectivity index (χ1v) is 12.7. The number of carboxylic acid groups (broad SMARTS) is 3. The van der Waals surface area contributed by atoms with E-state index in [0.29, 0.717) is 12.0 Å². The van der Waals surface area contributed by atoms with Crippen LogP contribution in [0.15, 0.2) is 30.5 Å². The zero-order valence-corrected chi connectivity index (χ0v) is 22.2. The molecule has 5 atom stereocenters. The number of benzene rings is 1. The summed E-state index contributed by atoms with van der Waals surface area (Å²) in [6.07, 6.45) is 0.511. The largest absolute Gasteiger partial charge is 0.481 e. The number of aromatic amines is 1. The third-order valence-corrected chi connectivity index (χ3v) is 6.52. The van der Waals surface area contributed by atoms with E-state index < -0.39 is 78.6 Å². The number of carbonyl (C=O) groups excluding carboxylic acids is 3. The van der Waals surface area contributed by atoms with Gasteiger partial charge in [-0.3, -0.25) is 24.0 Å². The Morgan fingerprint density at radius 2 is 1.55 bits per heavy atom. The average Bonchev–Trinajstić information content (AvgIpc) is 3.30. The van der Waals surface area contributed by atoms with Gasteiger partial charge in [-0.05, 0) is 24.0 Å². The summed E-state index contributed by atoms with van der Waals surface area (Å²) in [5, 5.41) is 35.4. The van der Waals surface area contributed by atoms with Crippen molar-refractivity contribution in [3.8, 4) is 0 Å². The van der Waals surface area contributed by atoms with Gasteiger partial charge in [-0.15, -0.1) is 0 Å². The summed E-state index contributed by atoms with van der Waals surface area (Å²) in [6, 6.07) is 1.82. The van der Waals surface area contributed by atoms with Crippen molar-refractivity contribution >= 4 is 46.5 Å². The molecule has 14 nitrogen and oxygen atoms in total. The Labute approximate surface area is 229 Å². The van der Waals surface area contributed by atoms with E-state index in [0.717, 1.165) is 10.9 Å². The molecule has 0 saturated heterocycles. The fraction of sp³-hybridized carbons (Fsp3) is 0.462. The Kier molecular flexibility index (Phi) is 11.6.